The van der Waals surface area contributed by atoms with Gasteiger partial charge in [-0.05, 0) is 13.3 Å². The van der Waals surface area contributed by atoms with E-state index in [9.17, 15) is 24.0 Å². The second kappa shape index (κ2) is 17.3. The van der Waals surface area contributed by atoms with Gasteiger partial charge in [0.25, 0.3) is 0 Å². The first kappa shape index (κ1) is 28.8. The Hall–Kier alpha value is -2.21. The third-order valence-electron chi connectivity index (χ3n) is 4.66. The van der Waals surface area contributed by atoms with Crippen molar-refractivity contribution in [2.45, 2.75) is 39.5 Å². The van der Waals surface area contributed by atoms with Crippen LogP contribution in [0.4, 0.5) is 0 Å². The Bertz CT molecular complexity index is 654. The number of ether oxygens (including phenoxy) is 4. The minimum absolute atomic E-state index is 0.00831. The molecular weight excluding hydrogens is 436 g/mol. The van der Waals surface area contributed by atoms with Crippen molar-refractivity contribution < 1.29 is 42.9 Å². The van der Waals surface area contributed by atoms with Crippen molar-refractivity contribution in [1.82, 2.24) is 10.2 Å². The number of likely N-dealkylation sites (tertiary alicyclic amines) is 1. The van der Waals surface area contributed by atoms with Gasteiger partial charge >= 0.3 is 0 Å². The van der Waals surface area contributed by atoms with Gasteiger partial charge in [-0.3, -0.25) is 28.9 Å². The Morgan fingerprint density at radius 3 is 2.18 bits per heavy atom. The van der Waals surface area contributed by atoms with Gasteiger partial charge in [0.15, 0.2) is 11.6 Å². The quantitative estimate of drug-likeness (QED) is 0.190. The minimum Gasteiger partial charge on any atom is -0.379 e. The highest BCUT2D eigenvalue weighted by Crippen LogP contribution is 2.18. The number of carbonyl (C=O) groups excluding carboxylic acids is 5. The summed E-state index contributed by atoms with van der Waals surface area (Å²) in [6, 6.07) is 0. The molecule has 0 bridgehead atoms. The van der Waals surface area contributed by atoms with E-state index in [1.165, 1.54) is 6.92 Å². The van der Waals surface area contributed by atoms with Crippen LogP contribution >= 0.6 is 0 Å². The van der Waals surface area contributed by atoms with Gasteiger partial charge in [0.1, 0.15) is 13.2 Å². The summed E-state index contributed by atoms with van der Waals surface area (Å²) in [7, 11) is 0. The lowest BCUT2D eigenvalue weighted by molar-refractivity contribution is -0.139. The summed E-state index contributed by atoms with van der Waals surface area (Å²) in [5.74, 6) is -1.08. The molecular formula is C22H36N2O9. The molecule has 1 saturated heterocycles. The normalized spacial score (nSPS) is 15.8. The minimum atomic E-state index is -0.309. The first-order valence-electron chi connectivity index (χ1n) is 11.2. The molecule has 1 unspecified atom stereocenters. The van der Waals surface area contributed by atoms with Gasteiger partial charge in [-0.2, -0.15) is 0 Å². The van der Waals surface area contributed by atoms with Gasteiger partial charge in [-0.1, -0.05) is 6.92 Å². The number of hydrogen-bond donors (Lipinski definition) is 1. The molecule has 0 aromatic rings. The number of rotatable bonds is 20. The standard InChI is InChI=1S/C22H36N2O9/c1-17-14-21(28)24(22(17)29)7-5-20(27)23-6-9-31-11-13-33-16-19(26)4-3-8-30-10-12-32-15-18(2)25/h17H,3-16H2,1-2H3,(H,23,27). The van der Waals surface area contributed by atoms with Crippen LogP contribution in [0.5, 0.6) is 0 Å². The molecule has 1 heterocycles. The lowest BCUT2D eigenvalue weighted by Gasteiger charge is -2.14. The van der Waals surface area contributed by atoms with Crippen molar-refractivity contribution >= 4 is 29.3 Å². The van der Waals surface area contributed by atoms with Gasteiger partial charge < -0.3 is 24.3 Å². The summed E-state index contributed by atoms with van der Waals surface area (Å²) in [6.45, 7) is 5.66. The van der Waals surface area contributed by atoms with E-state index < -0.39 is 0 Å². The molecule has 1 atom stereocenters. The van der Waals surface area contributed by atoms with E-state index in [4.69, 9.17) is 18.9 Å². The maximum Gasteiger partial charge on any atom is 0.232 e. The Balaban J connectivity index is 1.87. The van der Waals surface area contributed by atoms with E-state index in [1.807, 2.05) is 0 Å². The average molecular weight is 473 g/mol. The van der Waals surface area contributed by atoms with Crippen molar-refractivity contribution in [3.8, 4) is 0 Å². The molecule has 1 fully saturated rings. The Kier molecular flexibility index (Phi) is 15.1. The monoisotopic (exact) mass is 472 g/mol. The summed E-state index contributed by atoms with van der Waals surface area (Å²) in [4.78, 5) is 58.8. The number of ketones is 2. The average Bonchev–Trinajstić information content (AvgIpc) is 3.01. The summed E-state index contributed by atoms with van der Waals surface area (Å²) >= 11 is 0. The number of amides is 3. The van der Waals surface area contributed by atoms with E-state index in [1.54, 1.807) is 6.92 Å². The molecule has 0 saturated carbocycles. The Labute approximate surface area is 194 Å². The lowest BCUT2D eigenvalue weighted by atomic mass is 10.1. The zero-order valence-corrected chi connectivity index (χ0v) is 19.6. The fourth-order valence-corrected chi connectivity index (χ4v) is 2.93. The lowest BCUT2D eigenvalue weighted by Crippen LogP contribution is -2.35. The van der Waals surface area contributed by atoms with Crippen LogP contribution in [0.2, 0.25) is 0 Å². The molecule has 0 spiro atoms. The number of Topliss-reactive ketones (excluding diaryl/α,β-unsaturated/α-hetero) is 2. The van der Waals surface area contributed by atoms with Crippen LogP contribution < -0.4 is 5.32 Å². The van der Waals surface area contributed by atoms with Crippen LogP contribution in [0.1, 0.15) is 39.5 Å². The fraction of sp³-hybridized carbons (Fsp3) is 0.773. The highest BCUT2D eigenvalue weighted by Gasteiger charge is 2.35. The predicted molar refractivity (Wildman–Crippen MR) is 116 cm³/mol. The Morgan fingerprint density at radius 1 is 0.909 bits per heavy atom. The summed E-state index contributed by atoms with van der Waals surface area (Å²) in [5.41, 5.74) is 0. The molecule has 33 heavy (non-hydrogen) atoms. The van der Waals surface area contributed by atoms with Crippen molar-refractivity contribution in [2.75, 3.05) is 65.9 Å². The summed E-state index contributed by atoms with van der Waals surface area (Å²) in [6.07, 6.45) is 1.21. The van der Waals surface area contributed by atoms with Crippen molar-refractivity contribution in [3.05, 3.63) is 0 Å². The number of imide groups is 1. The third kappa shape index (κ3) is 13.8. The number of hydrogen-bond acceptors (Lipinski definition) is 9. The number of carbonyl (C=O) groups is 5. The molecule has 1 rings (SSSR count). The molecule has 3 amide bonds. The molecule has 11 nitrogen and oxygen atoms in total. The Morgan fingerprint density at radius 2 is 1.55 bits per heavy atom. The van der Waals surface area contributed by atoms with Crippen LogP contribution in [0, 0.1) is 5.92 Å². The van der Waals surface area contributed by atoms with Crippen molar-refractivity contribution in [1.29, 1.82) is 0 Å². The molecule has 1 N–H and O–H groups in total. The van der Waals surface area contributed by atoms with Gasteiger partial charge in [0.05, 0.1) is 33.0 Å². The zero-order valence-electron chi connectivity index (χ0n) is 19.6. The molecule has 188 valence electrons. The van der Waals surface area contributed by atoms with Gasteiger partial charge in [0.2, 0.25) is 17.7 Å². The van der Waals surface area contributed by atoms with Crippen molar-refractivity contribution in [2.24, 2.45) is 5.92 Å². The van der Waals surface area contributed by atoms with Crippen LogP contribution in [-0.2, 0) is 42.9 Å². The van der Waals surface area contributed by atoms with Crippen LogP contribution in [0.15, 0.2) is 0 Å². The van der Waals surface area contributed by atoms with Crippen LogP contribution in [0.25, 0.3) is 0 Å². The molecule has 0 aromatic heterocycles. The number of nitrogens with one attached hydrogen (secondary N) is 1. The van der Waals surface area contributed by atoms with Gasteiger partial charge in [-0.15, -0.1) is 0 Å². The first-order chi connectivity index (χ1) is 15.8. The predicted octanol–water partition coefficient (Wildman–Crippen LogP) is -0.108. The molecule has 11 heteroatoms. The number of nitrogens with zero attached hydrogens (tertiary/aromatic N) is 1. The molecule has 0 aliphatic carbocycles. The second-order valence-corrected chi connectivity index (χ2v) is 7.76. The van der Waals surface area contributed by atoms with Gasteiger partial charge in [0, 0.05) is 44.9 Å². The molecule has 1 aliphatic heterocycles. The van der Waals surface area contributed by atoms with Crippen LogP contribution in [-0.4, -0.2) is 100 Å². The fourth-order valence-electron chi connectivity index (χ4n) is 2.93. The highest BCUT2D eigenvalue weighted by atomic mass is 16.5. The summed E-state index contributed by atoms with van der Waals surface area (Å²) in [5, 5.41) is 2.66. The molecule has 0 aromatic carbocycles. The summed E-state index contributed by atoms with van der Waals surface area (Å²) < 4.78 is 20.9. The van der Waals surface area contributed by atoms with E-state index in [-0.39, 0.29) is 81.0 Å². The van der Waals surface area contributed by atoms with E-state index >= 15 is 0 Å². The maximum atomic E-state index is 11.8. The third-order valence-corrected chi connectivity index (χ3v) is 4.66. The van der Waals surface area contributed by atoms with E-state index in [2.05, 4.69) is 5.32 Å². The smallest absolute Gasteiger partial charge is 0.232 e. The highest BCUT2D eigenvalue weighted by molar-refractivity contribution is 6.03. The van der Waals surface area contributed by atoms with Crippen molar-refractivity contribution in [3.63, 3.8) is 0 Å². The van der Waals surface area contributed by atoms with Gasteiger partial charge in [-0.25, -0.2) is 0 Å². The SMILES string of the molecule is CC(=O)COCCOCCCC(=O)COCCOCCNC(=O)CCN1C(=O)CC(C)C1=O. The zero-order chi connectivity index (χ0) is 24.5. The first-order valence-corrected chi connectivity index (χ1v) is 11.2. The molecule has 1 aliphatic rings. The maximum absolute atomic E-state index is 11.8. The topological polar surface area (TPSA) is 138 Å². The van der Waals surface area contributed by atoms with Crippen LogP contribution in [0.3, 0.4) is 0 Å². The molecule has 0 radical (unpaired) electrons. The van der Waals surface area contributed by atoms with E-state index in [0.29, 0.717) is 45.8 Å². The van der Waals surface area contributed by atoms with E-state index in [0.717, 1.165) is 4.90 Å². The second-order valence-electron chi connectivity index (χ2n) is 7.76. The largest absolute Gasteiger partial charge is 0.379 e.